The van der Waals surface area contributed by atoms with Crippen LogP contribution >= 0.6 is 0 Å². The summed E-state index contributed by atoms with van der Waals surface area (Å²) in [5, 5.41) is 2.93. The highest BCUT2D eigenvalue weighted by molar-refractivity contribution is 5.71. The molecule has 0 bridgehead atoms. The Morgan fingerprint density at radius 1 is 1.27 bits per heavy atom. The summed E-state index contributed by atoms with van der Waals surface area (Å²) in [5.41, 5.74) is -0.507. The largest absolute Gasteiger partial charge is 0.468 e. The van der Waals surface area contributed by atoms with Crippen LogP contribution in [0.5, 0.6) is 0 Å². The van der Waals surface area contributed by atoms with Crippen molar-refractivity contribution in [3.05, 3.63) is 0 Å². The second-order valence-corrected chi connectivity index (χ2v) is 7.00. The van der Waals surface area contributed by atoms with Gasteiger partial charge in [0.25, 0.3) is 0 Å². The fourth-order valence-electron chi connectivity index (χ4n) is 2.88. The molecule has 128 valence electrons. The van der Waals surface area contributed by atoms with Crippen LogP contribution in [0.3, 0.4) is 0 Å². The normalized spacial score (nSPS) is 23.0. The van der Waals surface area contributed by atoms with Crippen molar-refractivity contribution in [3.8, 4) is 0 Å². The number of amides is 1. The van der Waals surface area contributed by atoms with Gasteiger partial charge in [-0.2, -0.15) is 0 Å². The van der Waals surface area contributed by atoms with E-state index < -0.39 is 11.7 Å². The number of hydrogen-bond acceptors (Lipinski definition) is 5. The maximum absolute atomic E-state index is 11.9. The standard InChI is InChI=1S/C16H30N2O4/c1-6-7-12-8-13(17-15(20)22-16(2,3)4)10-18(9-12)11-14(19)21-5/h12-13H,6-11H2,1-5H3,(H,17,20). The van der Waals surface area contributed by atoms with E-state index in [0.717, 1.165) is 25.8 Å². The van der Waals surface area contributed by atoms with Gasteiger partial charge >= 0.3 is 12.1 Å². The third-order valence-electron chi connectivity index (χ3n) is 3.61. The molecule has 1 aliphatic heterocycles. The van der Waals surface area contributed by atoms with Crippen molar-refractivity contribution >= 4 is 12.1 Å². The first-order valence-corrected chi connectivity index (χ1v) is 8.02. The summed E-state index contributed by atoms with van der Waals surface area (Å²) in [6.45, 7) is 9.47. The molecule has 0 aromatic rings. The van der Waals surface area contributed by atoms with Gasteiger partial charge < -0.3 is 14.8 Å². The number of nitrogens with one attached hydrogen (secondary N) is 1. The number of hydrogen-bond donors (Lipinski definition) is 1. The minimum absolute atomic E-state index is 0.00445. The molecule has 2 unspecified atom stereocenters. The van der Waals surface area contributed by atoms with Crippen LogP contribution in [0.4, 0.5) is 4.79 Å². The Bertz CT molecular complexity index is 379. The molecule has 2 atom stereocenters. The average Bonchev–Trinajstić information content (AvgIpc) is 2.36. The molecule has 1 saturated heterocycles. The Morgan fingerprint density at radius 2 is 1.95 bits per heavy atom. The minimum atomic E-state index is -0.507. The lowest BCUT2D eigenvalue weighted by molar-refractivity contribution is -0.142. The molecule has 1 N–H and O–H groups in total. The van der Waals surface area contributed by atoms with E-state index in [1.807, 2.05) is 20.8 Å². The molecular weight excluding hydrogens is 284 g/mol. The lowest BCUT2D eigenvalue weighted by Crippen LogP contribution is -2.52. The molecule has 1 amide bonds. The van der Waals surface area contributed by atoms with Crippen LogP contribution in [-0.4, -0.2) is 55.3 Å². The molecule has 6 heteroatoms. The van der Waals surface area contributed by atoms with Crippen molar-refractivity contribution in [1.82, 2.24) is 10.2 Å². The third kappa shape index (κ3) is 7.11. The fraction of sp³-hybridized carbons (Fsp3) is 0.875. The van der Waals surface area contributed by atoms with Gasteiger partial charge in [-0.15, -0.1) is 0 Å². The monoisotopic (exact) mass is 314 g/mol. The van der Waals surface area contributed by atoms with Gasteiger partial charge in [0.15, 0.2) is 0 Å². The van der Waals surface area contributed by atoms with Gasteiger partial charge in [-0.05, 0) is 39.5 Å². The fourth-order valence-corrected chi connectivity index (χ4v) is 2.88. The Morgan fingerprint density at radius 3 is 2.50 bits per heavy atom. The van der Waals surface area contributed by atoms with Crippen molar-refractivity contribution in [2.45, 2.75) is 58.6 Å². The van der Waals surface area contributed by atoms with Gasteiger partial charge in [0.2, 0.25) is 0 Å². The van der Waals surface area contributed by atoms with Gasteiger partial charge in [-0.3, -0.25) is 9.69 Å². The van der Waals surface area contributed by atoms with E-state index >= 15 is 0 Å². The van der Waals surface area contributed by atoms with Crippen LogP contribution in [0.25, 0.3) is 0 Å². The molecule has 1 fully saturated rings. The first-order valence-electron chi connectivity index (χ1n) is 8.02. The van der Waals surface area contributed by atoms with E-state index in [4.69, 9.17) is 9.47 Å². The van der Waals surface area contributed by atoms with E-state index in [2.05, 4.69) is 17.1 Å². The van der Waals surface area contributed by atoms with Gasteiger partial charge in [-0.25, -0.2) is 4.79 Å². The lowest BCUT2D eigenvalue weighted by atomic mass is 9.90. The predicted molar refractivity (Wildman–Crippen MR) is 84.6 cm³/mol. The molecule has 0 aromatic carbocycles. The summed E-state index contributed by atoms with van der Waals surface area (Å²) in [7, 11) is 1.40. The quantitative estimate of drug-likeness (QED) is 0.788. The number of rotatable bonds is 5. The smallest absolute Gasteiger partial charge is 0.407 e. The molecule has 22 heavy (non-hydrogen) atoms. The van der Waals surface area contributed by atoms with Crippen molar-refractivity contribution in [1.29, 1.82) is 0 Å². The Hall–Kier alpha value is -1.30. The number of ether oxygens (including phenoxy) is 2. The Balaban J connectivity index is 2.59. The van der Waals surface area contributed by atoms with E-state index in [0.29, 0.717) is 12.5 Å². The maximum atomic E-state index is 11.9. The zero-order valence-electron chi connectivity index (χ0n) is 14.5. The highest BCUT2D eigenvalue weighted by Gasteiger charge is 2.30. The summed E-state index contributed by atoms with van der Waals surface area (Å²) in [6, 6.07) is 0.00445. The van der Waals surface area contributed by atoms with Gasteiger partial charge in [0.05, 0.1) is 13.7 Å². The number of carbonyl (C=O) groups is 2. The molecule has 1 rings (SSSR count). The first-order chi connectivity index (χ1) is 10.2. The number of alkyl carbamates (subject to hydrolysis) is 1. The number of methoxy groups -OCH3 is 1. The van der Waals surface area contributed by atoms with Crippen molar-refractivity contribution in [2.24, 2.45) is 5.92 Å². The number of piperidine rings is 1. The number of carbonyl (C=O) groups excluding carboxylic acids is 2. The van der Waals surface area contributed by atoms with Gasteiger partial charge in [0, 0.05) is 19.1 Å². The first kappa shape index (κ1) is 18.7. The number of esters is 1. The summed E-state index contributed by atoms with van der Waals surface area (Å²) in [4.78, 5) is 25.5. The van der Waals surface area contributed by atoms with Crippen LogP contribution in [-0.2, 0) is 14.3 Å². The molecule has 0 saturated carbocycles. The molecule has 0 aromatic heterocycles. The average molecular weight is 314 g/mol. The molecule has 1 heterocycles. The summed E-state index contributed by atoms with van der Waals surface area (Å²) in [5.74, 6) is 0.233. The van der Waals surface area contributed by atoms with E-state index in [-0.39, 0.29) is 18.6 Å². The molecule has 0 aliphatic carbocycles. The van der Waals surface area contributed by atoms with Gasteiger partial charge in [-0.1, -0.05) is 13.3 Å². The lowest BCUT2D eigenvalue weighted by Gasteiger charge is -2.37. The Kier molecular flexibility index (Phi) is 7.13. The number of likely N-dealkylation sites (tertiary alicyclic amines) is 1. The highest BCUT2D eigenvalue weighted by Crippen LogP contribution is 2.21. The van der Waals surface area contributed by atoms with Gasteiger partial charge in [0.1, 0.15) is 5.60 Å². The topological polar surface area (TPSA) is 67.9 Å². The zero-order valence-corrected chi connectivity index (χ0v) is 14.5. The van der Waals surface area contributed by atoms with Crippen LogP contribution < -0.4 is 5.32 Å². The summed E-state index contributed by atoms with van der Waals surface area (Å²) in [6.07, 6.45) is 2.71. The molecule has 6 nitrogen and oxygen atoms in total. The second kappa shape index (κ2) is 8.36. The second-order valence-electron chi connectivity index (χ2n) is 7.00. The SMILES string of the molecule is CCCC1CC(NC(=O)OC(C)(C)C)CN(CC(=O)OC)C1. The van der Waals surface area contributed by atoms with Crippen LogP contribution in [0.1, 0.15) is 47.0 Å². The van der Waals surface area contributed by atoms with E-state index in [1.54, 1.807) is 0 Å². The maximum Gasteiger partial charge on any atom is 0.407 e. The Labute approximate surface area is 133 Å². The zero-order chi connectivity index (χ0) is 16.8. The van der Waals surface area contributed by atoms with Crippen molar-refractivity contribution in [3.63, 3.8) is 0 Å². The van der Waals surface area contributed by atoms with Crippen LogP contribution in [0.2, 0.25) is 0 Å². The van der Waals surface area contributed by atoms with Crippen molar-refractivity contribution in [2.75, 3.05) is 26.7 Å². The molecular formula is C16H30N2O4. The van der Waals surface area contributed by atoms with E-state index in [9.17, 15) is 9.59 Å². The van der Waals surface area contributed by atoms with Crippen molar-refractivity contribution < 1.29 is 19.1 Å². The van der Waals surface area contributed by atoms with Crippen LogP contribution in [0, 0.1) is 5.92 Å². The highest BCUT2D eigenvalue weighted by atomic mass is 16.6. The minimum Gasteiger partial charge on any atom is -0.468 e. The van der Waals surface area contributed by atoms with Crippen LogP contribution in [0.15, 0.2) is 0 Å². The van der Waals surface area contributed by atoms with E-state index in [1.165, 1.54) is 7.11 Å². The number of nitrogens with zero attached hydrogens (tertiary/aromatic N) is 1. The molecule has 0 radical (unpaired) electrons. The molecule has 1 aliphatic rings. The third-order valence-corrected chi connectivity index (χ3v) is 3.61. The summed E-state index contributed by atoms with van der Waals surface area (Å²) < 4.78 is 10.1. The summed E-state index contributed by atoms with van der Waals surface area (Å²) >= 11 is 0. The predicted octanol–water partition coefficient (Wildman–Crippen LogP) is 2.17. The molecule has 0 spiro atoms.